The molecular weight excluding hydrogens is 589 g/mol. The number of halogens is 4. The van der Waals surface area contributed by atoms with E-state index in [1.165, 1.54) is 0 Å². The molecule has 0 saturated heterocycles. The Morgan fingerprint density at radius 2 is 1.70 bits per heavy atom. The van der Waals surface area contributed by atoms with Crippen LogP contribution in [0, 0.1) is 5.41 Å². The molecule has 1 unspecified atom stereocenters. The molecule has 170 valence electrons. The number of alkyl halides is 1. The summed E-state index contributed by atoms with van der Waals surface area (Å²) in [4.78, 5) is 18.0. The minimum absolute atomic E-state index is 0.0712. The average molecular weight is 610 g/mol. The standard InChI is InChI=1S/C26H21Br2Cl2NO2/c1-13(27)21-19-12-18(14-5-8-16(29)9-6-14)22(17-10-7-15(28)11-20(17)30)31-25(19)33-23(21)24(32)26(2,3)4/h5-13H,1-4H3. The highest BCUT2D eigenvalue weighted by Gasteiger charge is 2.32. The Hall–Kier alpha value is -1.66. The van der Waals surface area contributed by atoms with E-state index in [9.17, 15) is 4.79 Å². The van der Waals surface area contributed by atoms with Gasteiger partial charge in [-0.25, -0.2) is 4.98 Å². The zero-order valence-corrected chi connectivity index (χ0v) is 23.2. The Morgan fingerprint density at radius 1 is 1.03 bits per heavy atom. The first-order chi connectivity index (χ1) is 15.5. The quantitative estimate of drug-likeness (QED) is 0.171. The second-order valence-corrected chi connectivity index (χ2v) is 12.0. The van der Waals surface area contributed by atoms with Gasteiger partial charge < -0.3 is 4.42 Å². The first-order valence-corrected chi connectivity index (χ1v) is 12.8. The molecule has 0 aliphatic carbocycles. The minimum atomic E-state index is -0.596. The Bertz CT molecular complexity index is 1370. The van der Waals surface area contributed by atoms with Crippen LogP contribution in [0.3, 0.4) is 0 Å². The van der Waals surface area contributed by atoms with E-state index in [2.05, 4.69) is 31.9 Å². The van der Waals surface area contributed by atoms with Crippen LogP contribution in [-0.4, -0.2) is 10.8 Å². The number of pyridine rings is 1. The Kier molecular flexibility index (Phi) is 6.81. The number of hydrogen-bond acceptors (Lipinski definition) is 3. The van der Waals surface area contributed by atoms with Crippen molar-refractivity contribution in [3.05, 3.63) is 74.4 Å². The summed E-state index contributed by atoms with van der Waals surface area (Å²) >= 11 is 19.9. The molecule has 0 bridgehead atoms. The predicted molar refractivity (Wildman–Crippen MR) is 144 cm³/mol. The number of rotatable bonds is 4. The second kappa shape index (κ2) is 9.18. The van der Waals surface area contributed by atoms with Gasteiger partial charge in [0.05, 0.1) is 10.7 Å². The lowest BCUT2D eigenvalue weighted by Crippen LogP contribution is -2.20. The molecule has 4 rings (SSSR count). The highest BCUT2D eigenvalue weighted by atomic mass is 79.9. The van der Waals surface area contributed by atoms with Crippen molar-refractivity contribution in [2.24, 2.45) is 5.41 Å². The van der Waals surface area contributed by atoms with Crippen LogP contribution in [0.4, 0.5) is 0 Å². The third-order valence-electron chi connectivity index (χ3n) is 5.35. The number of nitrogens with zero attached hydrogens (tertiary/aromatic N) is 1. The summed E-state index contributed by atoms with van der Waals surface area (Å²) in [5.41, 5.74) is 3.83. The van der Waals surface area contributed by atoms with Crippen LogP contribution in [-0.2, 0) is 0 Å². The molecular formula is C26H21Br2Cl2NO2. The van der Waals surface area contributed by atoms with Crippen LogP contribution in [0.5, 0.6) is 0 Å². The Labute approximate surface area is 219 Å². The summed E-state index contributed by atoms with van der Waals surface area (Å²) in [6, 6.07) is 15.3. The van der Waals surface area contributed by atoms with E-state index >= 15 is 0 Å². The van der Waals surface area contributed by atoms with Gasteiger partial charge in [-0.15, -0.1) is 0 Å². The maximum absolute atomic E-state index is 13.2. The Morgan fingerprint density at radius 3 is 2.27 bits per heavy atom. The fraction of sp³-hybridized carbons (Fsp3) is 0.231. The first-order valence-electron chi connectivity index (χ1n) is 10.3. The number of furan rings is 1. The molecule has 0 aliphatic rings. The van der Waals surface area contributed by atoms with Crippen LogP contribution < -0.4 is 0 Å². The molecule has 2 aromatic heterocycles. The van der Waals surface area contributed by atoms with Crippen molar-refractivity contribution in [1.29, 1.82) is 0 Å². The number of carbonyl (C=O) groups excluding carboxylic acids is 1. The fourth-order valence-electron chi connectivity index (χ4n) is 3.68. The lowest BCUT2D eigenvalue weighted by Gasteiger charge is -2.16. The normalized spacial score (nSPS) is 12.8. The number of aromatic nitrogens is 1. The van der Waals surface area contributed by atoms with Crippen LogP contribution in [0.15, 0.2) is 57.4 Å². The molecule has 2 heterocycles. The lowest BCUT2D eigenvalue weighted by atomic mass is 9.87. The third kappa shape index (κ3) is 4.79. The summed E-state index contributed by atoms with van der Waals surface area (Å²) in [5, 5.41) is 1.99. The fourth-order valence-corrected chi connectivity index (χ4v) is 5.03. The van der Waals surface area contributed by atoms with E-state index in [4.69, 9.17) is 32.6 Å². The predicted octanol–water partition coefficient (Wildman–Crippen LogP) is 9.92. The van der Waals surface area contributed by atoms with E-state index in [1.807, 2.05) is 76.2 Å². The van der Waals surface area contributed by atoms with E-state index in [-0.39, 0.29) is 10.6 Å². The van der Waals surface area contributed by atoms with Gasteiger partial charge in [0.25, 0.3) is 0 Å². The van der Waals surface area contributed by atoms with Crippen molar-refractivity contribution in [2.75, 3.05) is 0 Å². The zero-order valence-electron chi connectivity index (χ0n) is 18.5. The molecule has 2 aromatic carbocycles. The van der Waals surface area contributed by atoms with Crippen molar-refractivity contribution in [2.45, 2.75) is 32.5 Å². The maximum Gasteiger partial charge on any atom is 0.227 e. The van der Waals surface area contributed by atoms with Crippen LogP contribution >= 0.6 is 55.1 Å². The van der Waals surface area contributed by atoms with Gasteiger partial charge in [-0.2, -0.15) is 0 Å². The van der Waals surface area contributed by atoms with Gasteiger partial charge in [0.1, 0.15) is 0 Å². The maximum atomic E-state index is 13.2. The summed E-state index contributed by atoms with van der Waals surface area (Å²) < 4.78 is 6.99. The smallest absolute Gasteiger partial charge is 0.227 e. The van der Waals surface area contributed by atoms with Gasteiger partial charge in [0, 0.05) is 41.8 Å². The van der Waals surface area contributed by atoms with Gasteiger partial charge in [0.2, 0.25) is 11.5 Å². The van der Waals surface area contributed by atoms with E-state index in [0.717, 1.165) is 32.1 Å². The molecule has 0 amide bonds. The van der Waals surface area contributed by atoms with E-state index in [1.54, 1.807) is 0 Å². The largest absolute Gasteiger partial charge is 0.434 e. The summed E-state index contributed by atoms with van der Waals surface area (Å²) in [7, 11) is 0. The summed E-state index contributed by atoms with van der Waals surface area (Å²) in [6.45, 7) is 7.62. The zero-order chi connectivity index (χ0) is 24.1. The number of fused-ring (bicyclic) bond motifs is 1. The van der Waals surface area contributed by atoms with Gasteiger partial charge in [-0.05, 0) is 42.8 Å². The molecule has 7 heteroatoms. The van der Waals surface area contributed by atoms with Gasteiger partial charge in [0.15, 0.2) is 5.76 Å². The van der Waals surface area contributed by atoms with Crippen molar-refractivity contribution in [1.82, 2.24) is 4.98 Å². The molecule has 3 nitrogen and oxygen atoms in total. The highest BCUT2D eigenvalue weighted by molar-refractivity contribution is 9.10. The monoisotopic (exact) mass is 607 g/mol. The lowest BCUT2D eigenvalue weighted by molar-refractivity contribution is 0.0829. The first kappa shape index (κ1) is 24.5. The third-order valence-corrected chi connectivity index (χ3v) is 6.86. The molecule has 0 N–H and O–H groups in total. The molecule has 0 radical (unpaired) electrons. The summed E-state index contributed by atoms with van der Waals surface area (Å²) in [6.07, 6.45) is 0. The number of benzene rings is 2. The average Bonchev–Trinajstić information content (AvgIpc) is 3.11. The SMILES string of the molecule is CC(Br)c1c(C(=O)C(C)(C)C)oc2nc(-c3ccc(Br)cc3Cl)c(-c3ccc(Cl)cc3)cc12. The van der Waals surface area contributed by atoms with Crippen molar-refractivity contribution >= 4 is 71.9 Å². The van der Waals surface area contributed by atoms with Crippen molar-refractivity contribution in [3.8, 4) is 22.4 Å². The molecule has 33 heavy (non-hydrogen) atoms. The number of ketones is 1. The van der Waals surface area contributed by atoms with E-state index in [0.29, 0.717) is 27.2 Å². The highest BCUT2D eigenvalue weighted by Crippen LogP contribution is 2.43. The number of Topliss-reactive ketones (excluding diaryl/α,β-unsaturated/α-hetero) is 1. The molecule has 0 fully saturated rings. The summed E-state index contributed by atoms with van der Waals surface area (Å²) in [5.74, 6) is 0.258. The van der Waals surface area contributed by atoms with Gasteiger partial charge in [-0.3, -0.25) is 4.79 Å². The molecule has 0 saturated carbocycles. The topological polar surface area (TPSA) is 43.1 Å². The van der Waals surface area contributed by atoms with E-state index < -0.39 is 5.41 Å². The van der Waals surface area contributed by atoms with Gasteiger partial charge in [-0.1, -0.05) is 94.0 Å². The van der Waals surface area contributed by atoms with Crippen molar-refractivity contribution in [3.63, 3.8) is 0 Å². The molecule has 0 spiro atoms. The molecule has 4 aromatic rings. The number of hydrogen-bond donors (Lipinski definition) is 0. The molecule has 1 atom stereocenters. The number of carbonyl (C=O) groups is 1. The van der Waals surface area contributed by atoms with Crippen LogP contribution in [0.2, 0.25) is 10.0 Å². The Balaban J connectivity index is 2.08. The van der Waals surface area contributed by atoms with Crippen LogP contribution in [0.25, 0.3) is 33.5 Å². The molecule has 0 aliphatic heterocycles. The van der Waals surface area contributed by atoms with Crippen LogP contribution in [0.1, 0.15) is 48.6 Å². The van der Waals surface area contributed by atoms with Gasteiger partial charge >= 0.3 is 0 Å². The minimum Gasteiger partial charge on any atom is -0.434 e. The second-order valence-electron chi connectivity index (χ2n) is 8.91. The van der Waals surface area contributed by atoms with Crippen molar-refractivity contribution < 1.29 is 9.21 Å².